The molecule has 0 aliphatic rings. The van der Waals surface area contributed by atoms with Crippen LogP contribution >= 0.6 is 0 Å². The first-order chi connectivity index (χ1) is 7.19. The minimum Gasteiger partial charge on any atom is -0.462 e. The summed E-state index contributed by atoms with van der Waals surface area (Å²) >= 11 is 0. The first kappa shape index (κ1) is 11.4. The second kappa shape index (κ2) is 5.24. The highest BCUT2D eigenvalue weighted by Crippen LogP contribution is 2.19. The van der Waals surface area contributed by atoms with Crippen LogP contribution in [0.3, 0.4) is 0 Å². The molecule has 0 saturated heterocycles. The number of hydrogen-bond acceptors (Lipinski definition) is 4. The highest BCUT2D eigenvalue weighted by molar-refractivity contribution is 5.91. The van der Waals surface area contributed by atoms with Crippen molar-refractivity contribution in [1.82, 2.24) is 0 Å². The lowest BCUT2D eigenvalue weighted by Gasteiger charge is -2.08. The zero-order chi connectivity index (χ0) is 11.3. The van der Waals surface area contributed by atoms with Crippen LogP contribution in [-0.2, 0) is 4.74 Å². The van der Waals surface area contributed by atoms with Crippen molar-refractivity contribution in [2.75, 3.05) is 24.2 Å². The molecular formula is C11H16N2O2. The van der Waals surface area contributed by atoms with Crippen molar-refractivity contribution in [3.05, 3.63) is 23.8 Å². The van der Waals surface area contributed by atoms with Gasteiger partial charge in [-0.25, -0.2) is 4.79 Å². The Morgan fingerprint density at radius 2 is 2.20 bits per heavy atom. The number of hydrogen-bond donors (Lipinski definition) is 2. The van der Waals surface area contributed by atoms with Crippen molar-refractivity contribution in [3.8, 4) is 0 Å². The second-order valence-electron chi connectivity index (χ2n) is 3.05. The Morgan fingerprint density at radius 1 is 1.47 bits per heavy atom. The lowest BCUT2D eigenvalue weighted by Crippen LogP contribution is -2.07. The molecule has 0 atom stereocenters. The van der Waals surface area contributed by atoms with Gasteiger partial charge >= 0.3 is 5.97 Å². The van der Waals surface area contributed by atoms with E-state index in [1.165, 1.54) is 0 Å². The monoisotopic (exact) mass is 208 g/mol. The molecule has 3 N–H and O–H groups in total. The molecule has 82 valence electrons. The van der Waals surface area contributed by atoms with Gasteiger partial charge in [0.1, 0.15) is 0 Å². The molecule has 4 heteroatoms. The standard InChI is InChI=1S/C11H16N2O2/c1-3-13-10-6-5-8(7-9(10)12)11(14)15-4-2/h5-7,13H,3-4,12H2,1-2H3. The summed E-state index contributed by atoms with van der Waals surface area (Å²) in [4.78, 5) is 11.4. The van der Waals surface area contributed by atoms with Gasteiger partial charge in [0.15, 0.2) is 0 Å². The molecule has 0 bridgehead atoms. The number of nitrogens with two attached hydrogens (primary N) is 1. The van der Waals surface area contributed by atoms with Crippen molar-refractivity contribution in [2.24, 2.45) is 0 Å². The number of benzene rings is 1. The van der Waals surface area contributed by atoms with E-state index in [2.05, 4.69) is 5.32 Å². The molecule has 0 heterocycles. The van der Waals surface area contributed by atoms with E-state index in [1.807, 2.05) is 6.92 Å². The van der Waals surface area contributed by atoms with E-state index in [-0.39, 0.29) is 5.97 Å². The Hall–Kier alpha value is -1.71. The number of nitrogens with one attached hydrogen (secondary N) is 1. The fourth-order valence-electron chi connectivity index (χ4n) is 1.26. The minimum absolute atomic E-state index is 0.341. The zero-order valence-electron chi connectivity index (χ0n) is 9.04. The van der Waals surface area contributed by atoms with E-state index in [9.17, 15) is 4.79 Å². The molecule has 0 fully saturated rings. The van der Waals surface area contributed by atoms with Crippen LogP contribution in [0.2, 0.25) is 0 Å². The molecule has 4 nitrogen and oxygen atoms in total. The van der Waals surface area contributed by atoms with E-state index < -0.39 is 0 Å². The summed E-state index contributed by atoms with van der Waals surface area (Å²) in [5.41, 5.74) is 7.65. The number of carbonyl (C=O) groups excluding carboxylic acids is 1. The maximum atomic E-state index is 11.4. The van der Waals surface area contributed by atoms with Gasteiger partial charge in [0.25, 0.3) is 0 Å². The highest BCUT2D eigenvalue weighted by atomic mass is 16.5. The van der Waals surface area contributed by atoms with Crippen LogP contribution in [0.4, 0.5) is 11.4 Å². The molecule has 0 aliphatic heterocycles. The Labute approximate surface area is 89.4 Å². The summed E-state index contributed by atoms with van der Waals surface area (Å²) in [6.45, 7) is 4.92. The molecule has 1 aromatic carbocycles. The molecule has 0 spiro atoms. The molecule has 0 unspecified atom stereocenters. The molecule has 0 aliphatic carbocycles. The number of nitrogen functional groups attached to an aromatic ring is 1. The fourth-order valence-corrected chi connectivity index (χ4v) is 1.26. The average Bonchev–Trinajstić information content (AvgIpc) is 2.21. The topological polar surface area (TPSA) is 64.3 Å². The summed E-state index contributed by atoms with van der Waals surface area (Å²) in [5.74, 6) is -0.341. The van der Waals surface area contributed by atoms with Crippen LogP contribution < -0.4 is 11.1 Å². The van der Waals surface area contributed by atoms with Crippen molar-refractivity contribution >= 4 is 17.3 Å². The third-order valence-electron chi connectivity index (χ3n) is 1.93. The predicted molar refractivity (Wildman–Crippen MR) is 61.0 cm³/mol. The predicted octanol–water partition coefficient (Wildman–Crippen LogP) is 1.88. The Balaban J connectivity index is 2.86. The number of ether oxygens (including phenoxy) is 1. The van der Waals surface area contributed by atoms with E-state index in [1.54, 1.807) is 25.1 Å². The van der Waals surface area contributed by atoms with E-state index in [0.717, 1.165) is 12.2 Å². The van der Waals surface area contributed by atoms with Crippen LogP contribution in [0.5, 0.6) is 0 Å². The molecule has 15 heavy (non-hydrogen) atoms. The van der Waals surface area contributed by atoms with Crippen LogP contribution in [0.25, 0.3) is 0 Å². The highest BCUT2D eigenvalue weighted by Gasteiger charge is 2.08. The van der Waals surface area contributed by atoms with Gasteiger partial charge in [0.05, 0.1) is 23.5 Å². The average molecular weight is 208 g/mol. The van der Waals surface area contributed by atoms with E-state index in [0.29, 0.717) is 17.9 Å². The fraction of sp³-hybridized carbons (Fsp3) is 0.364. The Bertz CT molecular complexity index is 350. The van der Waals surface area contributed by atoms with Crippen molar-refractivity contribution < 1.29 is 9.53 Å². The first-order valence-corrected chi connectivity index (χ1v) is 4.99. The second-order valence-corrected chi connectivity index (χ2v) is 3.05. The summed E-state index contributed by atoms with van der Waals surface area (Å²) in [5, 5.41) is 3.10. The van der Waals surface area contributed by atoms with Gasteiger partial charge in [-0.1, -0.05) is 0 Å². The number of rotatable bonds is 4. The third kappa shape index (κ3) is 2.87. The third-order valence-corrected chi connectivity index (χ3v) is 1.93. The molecule has 0 radical (unpaired) electrons. The lowest BCUT2D eigenvalue weighted by molar-refractivity contribution is 0.0526. The zero-order valence-corrected chi connectivity index (χ0v) is 9.04. The van der Waals surface area contributed by atoms with E-state index in [4.69, 9.17) is 10.5 Å². The van der Waals surface area contributed by atoms with E-state index >= 15 is 0 Å². The van der Waals surface area contributed by atoms with Crippen LogP contribution in [-0.4, -0.2) is 19.1 Å². The smallest absolute Gasteiger partial charge is 0.338 e. The molecule has 0 saturated carbocycles. The van der Waals surface area contributed by atoms with Gasteiger partial charge in [-0.05, 0) is 32.0 Å². The largest absolute Gasteiger partial charge is 0.462 e. The van der Waals surface area contributed by atoms with Crippen molar-refractivity contribution in [3.63, 3.8) is 0 Å². The minimum atomic E-state index is -0.341. The summed E-state index contributed by atoms with van der Waals surface area (Å²) in [6.07, 6.45) is 0. The van der Waals surface area contributed by atoms with Gasteiger partial charge in [0.2, 0.25) is 0 Å². The molecule has 1 aromatic rings. The number of esters is 1. The molecule has 0 amide bonds. The van der Waals surface area contributed by atoms with Crippen LogP contribution in [0.15, 0.2) is 18.2 Å². The summed E-state index contributed by atoms with van der Waals surface area (Å²) in [7, 11) is 0. The number of carbonyl (C=O) groups is 1. The van der Waals surface area contributed by atoms with Crippen molar-refractivity contribution in [2.45, 2.75) is 13.8 Å². The van der Waals surface area contributed by atoms with Crippen LogP contribution in [0.1, 0.15) is 24.2 Å². The maximum absolute atomic E-state index is 11.4. The van der Waals surface area contributed by atoms with Crippen LogP contribution in [0, 0.1) is 0 Å². The number of anilines is 2. The van der Waals surface area contributed by atoms with Gasteiger partial charge in [-0.2, -0.15) is 0 Å². The quantitative estimate of drug-likeness (QED) is 0.585. The lowest BCUT2D eigenvalue weighted by atomic mass is 10.1. The van der Waals surface area contributed by atoms with Crippen molar-refractivity contribution in [1.29, 1.82) is 0 Å². The Kier molecular flexibility index (Phi) is 3.97. The van der Waals surface area contributed by atoms with Gasteiger partial charge < -0.3 is 15.8 Å². The summed E-state index contributed by atoms with van der Waals surface area (Å²) in [6, 6.07) is 5.10. The SMILES string of the molecule is CCNc1ccc(C(=O)OCC)cc1N. The Morgan fingerprint density at radius 3 is 2.73 bits per heavy atom. The summed E-state index contributed by atoms with van der Waals surface area (Å²) < 4.78 is 4.87. The first-order valence-electron chi connectivity index (χ1n) is 4.99. The van der Waals surface area contributed by atoms with Gasteiger partial charge in [-0.3, -0.25) is 0 Å². The molecule has 0 aromatic heterocycles. The van der Waals surface area contributed by atoms with Gasteiger partial charge in [0, 0.05) is 6.54 Å². The maximum Gasteiger partial charge on any atom is 0.338 e. The normalized spacial score (nSPS) is 9.73. The molecular weight excluding hydrogens is 192 g/mol. The molecule has 1 rings (SSSR count). The van der Waals surface area contributed by atoms with Gasteiger partial charge in [-0.15, -0.1) is 0 Å².